The second-order valence-electron chi connectivity index (χ2n) is 4.00. The number of carbonyl (C=O) groups excluding carboxylic acids is 1. The lowest BCUT2D eigenvalue weighted by Gasteiger charge is -2.08. The summed E-state index contributed by atoms with van der Waals surface area (Å²) in [4.78, 5) is 11.8. The van der Waals surface area contributed by atoms with Gasteiger partial charge in [0.25, 0.3) is 5.91 Å². The molecule has 3 N–H and O–H groups in total. The van der Waals surface area contributed by atoms with Crippen LogP contribution < -0.4 is 11.1 Å². The van der Waals surface area contributed by atoms with Gasteiger partial charge in [-0.1, -0.05) is 12.2 Å². The first-order valence-corrected chi connectivity index (χ1v) is 6.35. The molecule has 98 valence electrons. The maximum atomic E-state index is 11.8. The average Bonchev–Trinajstić information content (AvgIpc) is 2.31. The van der Waals surface area contributed by atoms with Gasteiger partial charge in [0.1, 0.15) is 0 Å². The molecule has 18 heavy (non-hydrogen) atoms. The molecule has 0 spiro atoms. The summed E-state index contributed by atoms with van der Waals surface area (Å²) in [5.41, 5.74) is 7.68. The number of rotatable bonds is 6. The van der Waals surface area contributed by atoms with Crippen molar-refractivity contribution >= 4 is 27.5 Å². The van der Waals surface area contributed by atoms with E-state index in [4.69, 9.17) is 10.5 Å². The van der Waals surface area contributed by atoms with Crippen LogP contribution in [0, 0.1) is 0 Å². The molecular weight excluding hydrogens is 296 g/mol. The lowest BCUT2D eigenvalue weighted by atomic mass is 10.2. The molecule has 0 heterocycles. The van der Waals surface area contributed by atoms with Gasteiger partial charge in [0.2, 0.25) is 0 Å². The zero-order valence-electron chi connectivity index (χ0n) is 10.3. The van der Waals surface area contributed by atoms with Gasteiger partial charge in [0.05, 0.1) is 18.8 Å². The summed E-state index contributed by atoms with van der Waals surface area (Å²) in [6.45, 7) is 7.04. The second kappa shape index (κ2) is 7.18. The smallest absolute Gasteiger partial charge is 0.252 e. The molecule has 1 aromatic rings. The quantitative estimate of drug-likeness (QED) is 0.481. The van der Waals surface area contributed by atoms with Gasteiger partial charge in [-0.2, -0.15) is 0 Å². The van der Waals surface area contributed by atoms with Gasteiger partial charge in [0, 0.05) is 16.7 Å². The molecule has 1 aromatic carbocycles. The van der Waals surface area contributed by atoms with E-state index in [1.54, 1.807) is 18.2 Å². The van der Waals surface area contributed by atoms with Crippen molar-refractivity contribution in [3.05, 3.63) is 40.4 Å². The molecule has 0 aliphatic rings. The third-order valence-corrected chi connectivity index (χ3v) is 2.81. The first-order valence-electron chi connectivity index (χ1n) is 5.56. The number of halogens is 1. The normalized spacial score (nSPS) is 10.1. The number of carbonyl (C=O) groups is 1. The highest BCUT2D eigenvalue weighted by Crippen LogP contribution is 2.19. The van der Waals surface area contributed by atoms with Crippen molar-refractivity contribution in [2.24, 2.45) is 0 Å². The molecule has 0 aromatic heterocycles. The molecule has 0 radical (unpaired) electrons. The number of hydrogen-bond donors (Lipinski definition) is 2. The van der Waals surface area contributed by atoms with E-state index in [1.165, 1.54) is 0 Å². The summed E-state index contributed by atoms with van der Waals surface area (Å²) in [6, 6.07) is 5.12. The fourth-order valence-corrected chi connectivity index (χ4v) is 1.72. The molecule has 0 bridgehead atoms. The van der Waals surface area contributed by atoms with Crippen LogP contribution >= 0.6 is 15.9 Å². The lowest BCUT2D eigenvalue weighted by Crippen LogP contribution is -2.27. The standard InChI is InChI=1S/C13H17BrN2O2/c1-9(2)8-18-6-5-16-13(17)11-7-10(15)3-4-12(11)14/h3-4,7H,1,5-6,8,15H2,2H3,(H,16,17). The van der Waals surface area contributed by atoms with Gasteiger partial charge in [-0.25, -0.2) is 0 Å². The molecule has 1 rings (SSSR count). The van der Waals surface area contributed by atoms with Gasteiger partial charge in [0.15, 0.2) is 0 Å². The highest BCUT2D eigenvalue weighted by Gasteiger charge is 2.09. The number of nitrogens with one attached hydrogen (secondary N) is 1. The number of hydrogen-bond acceptors (Lipinski definition) is 3. The van der Waals surface area contributed by atoms with Crippen LogP contribution in [-0.2, 0) is 4.74 Å². The Morgan fingerprint density at radius 3 is 2.94 bits per heavy atom. The van der Waals surface area contributed by atoms with Crippen molar-refractivity contribution in [1.29, 1.82) is 0 Å². The van der Waals surface area contributed by atoms with Gasteiger partial charge in [-0.05, 0) is 41.1 Å². The van der Waals surface area contributed by atoms with Gasteiger partial charge in [-0.15, -0.1) is 0 Å². The van der Waals surface area contributed by atoms with Gasteiger partial charge in [-0.3, -0.25) is 4.79 Å². The Hall–Kier alpha value is -1.33. The third-order valence-electron chi connectivity index (χ3n) is 2.12. The van der Waals surface area contributed by atoms with Crippen molar-refractivity contribution in [3.8, 4) is 0 Å². The Morgan fingerprint density at radius 1 is 1.56 bits per heavy atom. The van der Waals surface area contributed by atoms with Crippen molar-refractivity contribution in [1.82, 2.24) is 5.32 Å². The predicted molar refractivity (Wildman–Crippen MR) is 76.5 cm³/mol. The topological polar surface area (TPSA) is 64.3 Å². The SMILES string of the molecule is C=C(C)COCCNC(=O)c1cc(N)ccc1Br. The fourth-order valence-electron chi connectivity index (χ4n) is 1.30. The lowest BCUT2D eigenvalue weighted by molar-refractivity contribution is 0.0926. The minimum absolute atomic E-state index is 0.173. The maximum Gasteiger partial charge on any atom is 0.252 e. The largest absolute Gasteiger partial charge is 0.399 e. The highest BCUT2D eigenvalue weighted by molar-refractivity contribution is 9.10. The first kappa shape index (κ1) is 14.7. The zero-order valence-corrected chi connectivity index (χ0v) is 11.9. The molecule has 5 heteroatoms. The van der Waals surface area contributed by atoms with E-state index in [0.29, 0.717) is 31.0 Å². The van der Waals surface area contributed by atoms with Crippen LogP contribution in [0.1, 0.15) is 17.3 Å². The summed E-state index contributed by atoms with van der Waals surface area (Å²) in [7, 11) is 0. The van der Waals surface area contributed by atoms with Crippen molar-refractivity contribution in [2.75, 3.05) is 25.5 Å². The van der Waals surface area contributed by atoms with E-state index in [9.17, 15) is 4.79 Å². The van der Waals surface area contributed by atoms with Gasteiger partial charge < -0.3 is 15.8 Å². The predicted octanol–water partition coefficient (Wildman–Crippen LogP) is 2.35. The summed E-state index contributed by atoms with van der Waals surface area (Å²) >= 11 is 3.31. The van der Waals surface area contributed by atoms with Crippen molar-refractivity contribution in [3.63, 3.8) is 0 Å². The number of ether oxygens (including phenoxy) is 1. The summed E-state index contributed by atoms with van der Waals surface area (Å²) in [6.07, 6.45) is 0. The van der Waals surface area contributed by atoms with Crippen LogP contribution in [0.2, 0.25) is 0 Å². The fraction of sp³-hybridized carbons (Fsp3) is 0.308. The molecule has 0 aliphatic carbocycles. The number of nitrogen functional groups attached to an aromatic ring is 1. The van der Waals surface area contributed by atoms with E-state index in [2.05, 4.69) is 27.8 Å². The second-order valence-corrected chi connectivity index (χ2v) is 4.86. The third kappa shape index (κ3) is 4.89. The van der Waals surface area contributed by atoms with Crippen LogP contribution in [0.4, 0.5) is 5.69 Å². The number of nitrogens with two attached hydrogens (primary N) is 1. The van der Waals surface area contributed by atoms with Crippen LogP contribution in [-0.4, -0.2) is 25.7 Å². The van der Waals surface area contributed by atoms with Gasteiger partial charge >= 0.3 is 0 Å². The molecule has 4 nitrogen and oxygen atoms in total. The molecular formula is C13H17BrN2O2. The number of anilines is 1. The van der Waals surface area contributed by atoms with Crippen LogP contribution in [0.5, 0.6) is 0 Å². The van der Waals surface area contributed by atoms with E-state index in [1.807, 2.05) is 6.92 Å². The van der Waals surface area contributed by atoms with Crippen molar-refractivity contribution in [2.45, 2.75) is 6.92 Å². The molecule has 0 aliphatic heterocycles. The Labute approximate surface area is 115 Å². The number of benzene rings is 1. The maximum absolute atomic E-state index is 11.8. The van der Waals surface area contributed by atoms with E-state index < -0.39 is 0 Å². The van der Waals surface area contributed by atoms with E-state index in [-0.39, 0.29) is 5.91 Å². The monoisotopic (exact) mass is 312 g/mol. The van der Waals surface area contributed by atoms with Crippen LogP contribution in [0.25, 0.3) is 0 Å². The minimum atomic E-state index is -0.173. The summed E-state index contributed by atoms with van der Waals surface area (Å²) in [5.74, 6) is -0.173. The molecule has 0 atom stereocenters. The Bertz CT molecular complexity index is 447. The summed E-state index contributed by atoms with van der Waals surface area (Å²) < 4.78 is 6.00. The first-order chi connectivity index (χ1) is 8.50. The zero-order chi connectivity index (χ0) is 13.5. The Morgan fingerprint density at radius 2 is 2.28 bits per heavy atom. The average molecular weight is 313 g/mol. The minimum Gasteiger partial charge on any atom is -0.399 e. The molecule has 0 saturated heterocycles. The summed E-state index contributed by atoms with van der Waals surface area (Å²) in [5, 5.41) is 2.76. The molecule has 0 fully saturated rings. The number of amides is 1. The highest BCUT2D eigenvalue weighted by atomic mass is 79.9. The Balaban J connectivity index is 2.41. The van der Waals surface area contributed by atoms with E-state index >= 15 is 0 Å². The molecule has 1 amide bonds. The van der Waals surface area contributed by atoms with Crippen molar-refractivity contribution < 1.29 is 9.53 Å². The van der Waals surface area contributed by atoms with Crippen LogP contribution in [0.15, 0.2) is 34.8 Å². The van der Waals surface area contributed by atoms with E-state index in [0.717, 1.165) is 10.0 Å². The van der Waals surface area contributed by atoms with Crippen LogP contribution in [0.3, 0.4) is 0 Å². The Kier molecular flexibility index (Phi) is 5.88. The molecule has 0 unspecified atom stereocenters. The molecule has 0 saturated carbocycles.